The molecule has 3 rings (SSSR count). The molecule has 0 saturated heterocycles. The van der Waals surface area contributed by atoms with E-state index in [9.17, 15) is 10.4 Å². The van der Waals surface area contributed by atoms with Crippen molar-refractivity contribution in [3.63, 3.8) is 0 Å². The van der Waals surface area contributed by atoms with E-state index in [4.69, 9.17) is 9.15 Å². The van der Waals surface area contributed by atoms with Gasteiger partial charge in [0.25, 0.3) is 0 Å². The summed E-state index contributed by atoms with van der Waals surface area (Å²) in [5, 5.41) is 20.1. The summed E-state index contributed by atoms with van der Waals surface area (Å²) in [6.07, 6.45) is 0.851. The molecule has 1 N–H and O–H groups in total. The van der Waals surface area contributed by atoms with Gasteiger partial charge in [0.15, 0.2) is 0 Å². The number of para-hydroxylation sites is 1. The second-order valence-electron chi connectivity index (χ2n) is 4.88. The average Bonchev–Trinajstić information content (AvgIpc) is 2.92. The number of aliphatic hydroxyl groups is 1. The van der Waals surface area contributed by atoms with Crippen molar-refractivity contribution in [3.05, 3.63) is 52.4 Å². The van der Waals surface area contributed by atoms with E-state index in [2.05, 4.69) is 22.0 Å². The molecular formula is C15H12BrNO3. The van der Waals surface area contributed by atoms with Crippen LogP contribution in [-0.4, -0.2) is 11.7 Å². The maximum Gasteiger partial charge on any atom is 0.148 e. The lowest BCUT2D eigenvalue weighted by Gasteiger charge is -2.35. The van der Waals surface area contributed by atoms with Crippen LogP contribution in [-0.2, 0) is 6.42 Å². The van der Waals surface area contributed by atoms with Crippen molar-refractivity contribution in [2.24, 2.45) is 5.41 Å². The maximum atomic E-state index is 10.6. The summed E-state index contributed by atoms with van der Waals surface area (Å²) >= 11 is 3.31. The number of benzene rings is 1. The van der Waals surface area contributed by atoms with Crippen molar-refractivity contribution in [2.45, 2.75) is 12.5 Å². The lowest BCUT2D eigenvalue weighted by molar-refractivity contribution is 0.00307. The van der Waals surface area contributed by atoms with Gasteiger partial charge >= 0.3 is 0 Å². The first-order valence-electron chi connectivity index (χ1n) is 6.19. The Morgan fingerprint density at radius 1 is 1.35 bits per heavy atom. The largest absolute Gasteiger partial charge is 0.492 e. The highest BCUT2D eigenvalue weighted by molar-refractivity contribution is 9.10. The maximum absolute atomic E-state index is 10.6. The summed E-state index contributed by atoms with van der Waals surface area (Å²) in [5.41, 5.74) is -0.128. The zero-order valence-corrected chi connectivity index (χ0v) is 12.1. The molecule has 2 heterocycles. The highest BCUT2D eigenvalue weighted by Gasteiger charge is 2.45. The molecule has 0 spiro atoms. The SMILES string of the molecule is N#CC1(C(O)c2occc2Br)COc2ccccc2C1. The highest BCUT2D eigenvalue weighted by atomic mass is 79.9. The molecule has 5 heteroatoms. The van der Waals surface area contributed by atoms with Gasteiger partial charge in [0.05, 0.1) is 16.8 Å². The van der Waals surface area contributed by atoms with E-state index < -0.39 is 11.5 Å². The Kier molecular flexibility index (Phi) is 3.28. The third-order valence-electron chi connectivity index (χ3n) is 3.60. The lowest BCUT2D eigenvalue weighted by Crippen LogP contribution is -2.39. The number of nitriles is 1. The number of hydrogen-bond acceptors (Lipinski definition) is 4. The number of rotatable bonds is 2. The van der Waals surface area contributed by atoms with Gasteiger partial charge in [0.1, 0.15) is 29.6 Å². The third kappa shape index (κ3) is 2.01. The normalized spacial score (nSPS) is 22.4. The van der Waals surface area contributed by atoms with Crippen molar-refractivity contribution >= 4 is 15.9 Å². The summed E-state index contributed by atoms with van der Waals surface area (Å²) in [6, 6.07) is 11.5. The van der Waals surface area contributed by atoms with Crippen LogP contribution in [0, 0.1) is 16.7 Å². The zero-order chi connectivity index (χ0) is 14.2. The van der Waals surface area contributed by atoms with Crippen LogP contribution >= 0.6 is 15.9 Å². The Balaban J connectivity index is 1.99. The Morgan fingerprint density at radius 2 is 2.15 bits per heavy atom. The van der Waals surface area contributed by atoms with Crippen LogP contribution in [0.25, 0.3) is 0 Å². The quantitative estimate of drug-likeness (QED) is 0.916. The molecule has 2 unspecified atom stereocenters. The molecule has 0 saturated carbocycles. The lowest BCUT2D eigenvalue weighted by atomic mass is 9.76. The van der Waals surface area contributed by atoms with Crippen LogP contribution in [0.2, 0.25) is 0 Å². The standard InChI is InChI=1S/C15H12BrNO3/c16-11-5-6-19-13(11)14(18)15(8-17)7-10-3-1-2-4-12(10)20-9-15/h1-6,14,18H,7,9H2. The molecule has 2 aromatic rings. The number of aliphatic hydroxyl groups excluding tert-OH is 1. The van der Waals surface area contributed by atoms with Crippen molar-refractivity contribution < 1.29 is 14.3 Å². The second-order valence-corrected chi connectivity index (χ2v) is 5.73. The number of nitrogens with zero attached hydrogens (tertiary/aromatic N) is 1. The molecule has 4 nitrogen and oxygen atoms in total. The molecular weight excluding hydrogens is 322 g/mol. The van der Waals surface area contributed by atoms with E-state index in [-0.39, 0.29) is 6.61 Å². The molecule has 1 aromatic carbocycles. The molecule has 102 valence electrons. The smallest absolute Gasteiger partial charge is 0.148 e. The number of furan rings is 1. The van der Waals surface area contributed by atoms with Crippen molar-refractivity contribution in [1.82, 2.24) is 0 Å². The number of hydrogen-bond donors (Lipinski definition) is 1. The van der Waals surface area contributed by atoms with Gasteiger partial charge in [-0.15, -0.1) is 0 Å². The molecule has 0 aliphatic carbocycles. The van der Waals surface area contributed by atoms with Crippen LogP contribution in [0.4, 0.5) is 0 Å². The minimum Gasteiger partial charge on any atom is -0.492 e. The van der Waals surface area contributed by atoms with E-state index in [1.54, 1.807) is 6.07 Å². The summed E-state index contributed by atoms with van der Waals surface area (Å²) in [5.74, 6) is 1.12. The summed E-state index contributed by atoms with van der Waals surface area (Å²) < 4.78 is 11.6. The predicted molar refractivity (Wildman–Crippen MR) is 75.1 cm³/mol. The molecule has 1 aromatic heterocycles. The molecule has 1 aliphatic rings. The third-order valence-corrected chi connectivity index (χ3v) is 4.26. The Morgan fingerprint density at radius 3 is 2.85 bits per heavy atom. The summed E-state index contributed by atoms with van der Waals surface area (Å²) in [7, 11) is 0. The van der Waals surface area contributed by atoms with Gasteiger partial charge in [0, 0.05) is 6.42 Å². The van der Waals surface area contributed by atoms with E-state index >= 15 is 0 Å². The molecule has 2 atom stereocenters. The number of fused-ring (bicyclic) bond motifs is 1. The first kappa shape index (κ1) is 13.2. The van der Waals surface area contributed by atoms with Crippen molar-refractivity contribution in [1.29, 1.82) is 5.26 Å². The Labute approximate surface area is 124 Å². The molecule has 1 aliphatic heterocycles. The number of ether oxygens (including phenoxy) is 1. The summed E-state index contributed by atoms with van der Waals surface area (Å²) in [4.78, 5) is 0. The van der Waals surface area contributed by atoms with Gasteiger partial charge in [-0.05, 0) is 33.6 Å². The average molecular weight is 334 g/mol. The number of halogens is 1. The van der Waals surface area contributed by atoms with E-state index in [1.165, 1.54) is 6.26 Å². The minimum absolute atomic E-state index is 0.134. The van der Waals surface area contributed by atoms with Crippen molar-refractivity contribution in [3.8, 4) is 11.8 Å². The topological polar surface area (TPSA) is 66.4 Å². The van der Waals surface area contributed by atoms with Crippen LogP contribution in [0.5, 0.6) is 5.75 Å². The van der Waals surface area contributed by atoms with Crippen LogP contribution in [0.1, 0.15) is 17.4 Å². The minimum atomic E-state index is -1.05. The van der Waals surface area contributed by atoms with Gasteiger partial charge in [0.2, 0.25) is 0 Å². The predicted octanol–water partition coefficient (Wildman–Crippen LogP) is 3.22. The second kappa shape index (κ2) is 4.97. The van der Waals surface area contributed by atoms with Crippen LogP contribution in [0.15, 0.2) is 45.5 Å². The molecule has 0 bridgehead atoms. The van der Waals surface area contributed by atoms with Crippen LogP contribution in [0.3, 0.4) is 0 Å². The fourth-order valence-corrected chi connectivity index (χ4v) is 2.87. The van der Waals surface area contributed by atoms with E-state index in [1.807, 2.05) is 24.3 Å². The molecule has 0 fully saturated rings. The Bertz CT molecular complexity index is 676. The highest BCUT2D eigenvalue weighted by Crippen LogP contribution is 2.44. The molecule has 0 amide bonds. The van der Waals surface area contributed by atoms with Crippen LogP contribution < -0.4 is 4.74 Å². The fourth-order valence-electron chi connectivity index (χ4n) is 2.45. The zero-order valence-electron chi connectivity index (χ0n) is 10.5. The van der Waals surface area contributed by atoms with Gasteiger partial charge in [-0.1, -0.05) is 18.2 Å². The van der Waals surface area contributed by atoms with Gasteiger partial charge in [-0.3, -0.25) is 0 Å². The van der Waals surface area contributed by atoms with E-state index in [0.29, 0.717) is 16.7 Å². The first-order chi connectivity index (χ1) is 9.66. The Hall–Kier alpha value is -1.77. The monoisotopic (exact) mass is 333 g/mol. The van der Waals surface area contributed by atoms with Gasteiger partial charge in [-0.2, -0.15) is 5.26 Å². The summed E-state index contributed by atoms with van der Waals surface area (Å²) in [6.45, 7) is 0.134. The molecule has 0 radical (unpaired) electrons. The van der Waals surface area contributed by atoms with Gasteiger partial charge in [-0.25, -0.2) is 0 Å². The van der Waals surface area contributed by atoms with Crippen molar-refractivity contribution in [2.75, 3.05) is 6.61 Å². The van der Waals surface area contributed by atoms with E-state index in [0.717, 1.165) is 11.3 Å². The fraction of sp³-hybridized carbons (Fsp3) is 0.267. The first-order valence-corrected chi connectivity index (χ1v) is 6.98. The molecule has 20 heavy (non-hydrogen) atoms. The van der Waals surface area contributed by atoms with Gasteiger partial charge < -0.3 is 14.3 Å².